The molecule has 0 aliphatic heterocycles. The lowest BCUT2D eigenvalue weighted by molar-refractivity contribution is -0.123. The lowest BCUT2D eigenvalue weighted by Crippen LogP contribution is -2.40. The summed E-state index contributed by atoms with van der Waals surface area (Å²) in [5, 5.41) is 10.4. The maximum Gasteiger partial charge on any atom is 0.233 e. The van der Waals surface area contributed by atoms with Gasteiger partial charge in [-0.3, -0.25) is 24.5 Å². The van der Waals surface area contributed by atoms with E-state index >= 15 is 0 Å². The van der Waals surface area contributed by atoms with Crippen LogP contribution < -0.4 is 21.2 Å². The molecule has 0 saturated carbocycles. The van der Waals surface area contributed by atoms with Crippen molar-refractivity contribution < 1.29 is 19.2 Å². The molecule has 0 fully saturated rings. The Morgan fingerprint density at radius 2 is 1.21 bits per heavy atom. The quantitative estimate of drug-likeness (QED) is 0.210. The minimum Gasteiger partial charge on any atom is -0.409 e. The van der Waals surface area contributed by atoms with Gasteiger partial charge in [0.1, 0.15) is 5.78 Å². The summed E-state index contributed by atoms with van der Waals surface area (Å²) in [6, 6.07) is 0. The van der Waals surface area contributed by atoms with Gasteiger partial charge < -0.3 is 15.9 Å². The van der Waals surface area contributed by atoms with Gasteiger partial charge in [-0.25, -0.2) is 0 Å². The number of Topliss-reactive ketones (excluding diaryl/α,β-unsaturated/α-hetero) is 1. The lowest BCUT2D eigenvalue weighted by atomic mass is 10.0. The van der Waals surface area contributed by atoms with E-state index < -0.39 is 0 Å². The molecule has 4 N–H and O–H groups in total. The van der Waals surface area contributed by atoms with Crippen molar-refractivity contribution in [3.05, 3.63) is 0 Å². The van der Waals surface area contributed by atoms with E-state index in [2.05, 4.69) is 21.2 Å². The van der Waals surface area contributed by atoms with E-state index in [0.717, 1.165) is 38.5 Å². The molecule has 0 heterocycles. The fourth-order valence-electron chi connectivity index (χ4n) is 2.42. The third-order valence-electron chi connectivity index (χ3n) is 4.20. The molecule has 3 amide bonds. The second-order valence-electron chi connectivity index (χ2n) is 7.11. The fourth-order valence-corrected chi connectivity index (χ4v) is 2.42. The first-order chi connectivity index (χ1) is 13.4. The Morgan fingerprint density at radius 1 is 0.714 bits per heavy atom. The molecule has 0 saturated heterocycles. The van der Waals surface area contributed by atoms with Crippen LogP contribution in [0.3, 0.4) is 0 Å². The van der Waals surface area contributed by atoms with Crippen LogP contribution >= 0.6 is 0 Å². The van der Waals surface area contributed by atoms with Gasteiger partial charge in [-0.15, -0.1) is 0 Å². The lowest BCUT2D eigenvalue weighted by Gasteiger charge is -2.08. The van der Waals surface area contributed by atoms with E-state index in [-0.39, 0.29) is 42.5 Å². The Balaban J connectivity index is 3.46. The Kier molecular flexibility index (Phi) is 16.1. The highest BCUT2D eigenvalue weighted by atomic mass is 16.2. The summed E-state index contributed by atoms with van der Waals surface area (Å²) in [4.78, 5) is 45.7. The van der Waals surface area contributed by atoms with Crippen LogP contribution in [0.1, 0.15) is 65.2 Å². The summed E-state index contributed by atoms with van der Waals surface area (Å²) in [6.07, 6.45) is 5.93. The molecule has 28 heavy (non-hydrogen) atoms. The van der Waals surface area contributed by atoms with Crippen LogP contribution in [-0.2, 0) is 19.2 Å². The average Bonchev–Trinajstić information content (AvgIpc) is 2.66. The predicted molar refractivity (Wildman–Crippen MR) is 110 cm³/mol. The number of hydrogen-bond acceptors (Lipinski definition) is 5. The van der Waals surface area contributed by atoms with Crippen molar-refractivity contribution in [1.29, 1.82) is 0 Å². The van der Waals surface area contributed by atoms with Gasteiger partial charge in [0.05, 0.1) is 13.1 Å². The van der Waals surface area contributed by atoms with Crippen LogP contribution in [0.25, 0.3) is 0 Å². The SMILES string of the molecule is [B]NC(=O)CCCCCNC(=O)CNCC(=O)NCCCCCC(=O)C(C)C. The van der Waals surface area contributed by atoms with Gasteiger partial charge in [0.2, 0.25) is 25.7 Å². The zero-order valence-electron chi connectivity index (χ0n) is 17.3. The maximum atomic E-state index is 11.7. The van der Waals surface area contributed by atoms with Crippen LogP contribution in [-0.4, -0.2) is 57.7 Å². The monoisotopic (exact) mass is 394 g/mol. The second-order valence-corrected chi connectivity index (χ2v) is 7.11. The van der Waals surface area contributed by atoms with Crippen molar-refractivity contribution in [2.75, 3.05) is 26.2 Å². The topological polar surface area (TPSA) is 116 Å². The zero-order chi connectivity index (χ0) is 21.2. The predicted octanol–water partition coefficient (Wildman–Crippen LogP) is 0.354. The Bertz CT molecular complexity index is 487. The second kappa shape index (κ2) is 17.2. The van der Waals surface area contributed by atoms with Crippen LogP contribution in [0.2, 0.25) is 0 Å². The highest BCUT2D eigenvalue weighted by Gasteiger charge is 2.07. The molecule has 0 unspecified atom stereocenters. The van der Waals surface area contributed by atoms with Gasteiger partial charge in [0, 0.05) is 31.8 Å². The third kappa shape index (κ3) is 16.3. The molecular weight excluding hydrogens is 359 g/mol. The number of carbonyl (C=O) groups is 4. The molecule has 0 spiro atoms. The first-order valence-corrected chi connectivity index (χ1v) is 10.1. The number of amides is 3. The number of nitrogens with one attached hydrogen (secondary N) is 4. The molecule has 0 aliphatic carbocycles. The third-order valence-corrected chi connectivity index (χ3v) is 4.20. The van der Waals surface area contributed by atoms with Crippen LogP contribution in [0.5, 0.6) is 0 Å². The molecule has 0 aromatic rings. The van der Waals surface area contributed by atoms with E-state index in [1.54, 1.807) is 0 Å². The van der Waals surface area contributed by atoms with Crippen LogP contribution in [0, 0.1) is 5.92 Å². The highest BCUT2D eigenvalue weighted by molar-refractivity contribution is 6.14. The van der Waals surface area contributed by atoms with Gasteiger partial charge in [-0.05, 0) is 25.7 Å². The minimum atomic E-state index is -0.187. The maximum absolute atomic E-state index is 11.7. The summed E-state index contributed by atoms with van der Waals surface area (Å²) in [5.74, 6) is -0.127. The summed E-state index contributed by atoms with van der Waals surface area (Å²) >= 11 is 0. The summed E-state index contributed by atoms with van der Waals surface area (Å²) in [5.41, 5.74) is 0. The average molecular weight is 394 g/mol. The molecule has 0 rings (SSSR count). The van der Waals surface area contributed by atoms with Crippen molar-refractivity contribution in [1.82, 2.24) is 21.2 Å². The van der Waals surface area contributed by atoms with Crippen LogP contribution in [0.4, 0.5) is 0 Å². The summed E-state index contributed by atoms with van der Waals surface area (Å²) < 4.78 is 0. The molecular formula is C19H35BN4O4. The molecule has 0 aliphatic rings. The van der Waals surface area contributed by atoms with E-state index in [0.29, 0.717) is 25.9 Å². The van der Waals surface area contributed by atoms with Crippen molar-refractivity contribution in [2.45, 2.75) is 65.2 Å². The van der Waals surface area contributed by atoms with Crippen LogP contribution in [0.15, 0.2) is 0 Å². The Hall–Kier alpha value is -1.90. The van der Waals surface area contributed by atoms with Gasteiger partial charge in [-0.2, -0.15) is 0 Å². The van der Waals surface area contributed by atoms with Gasteiger partial charge in [-0.1, -0.05) is 26.7 Å². The smallest absolute Gasteiger partial charge is 0.233 e. The number of rotatable bonds is 17. The molecule has 0 bridgehead atoms. The fraction of sp³-hybridized carbons (Fsp3) is 0.789. The molecule has 158 valence electrons. The number of carbonyl (C=O) groups excluding carboxylic acids is 4. The van der Waals surface area contributed by atoms with Crippen molar-refractivity contribution in [2.24, 2.45) is 5.92 Å². The molecule has 0 aromatic heterocycles. The van der Waals surface area contributed by atoms with Crippen molar-refractivity contribution in [3.63, 3.8) is 0 Å². The first kappa shape index (κ1) is 26.1. The Morgan fingerprint density at radius 3 is 1.68 bits per heavy atom. The zero-order valence-corrected chi connectivity index (χ0v) is 17.3. The van der Waals surface area contributed by atoms with E-state index in [4.69, 9.17) is 7.98 Å². The van der Waals surface area contributed by atoms with E-state index in [1.165, 1.54) is 0 Å². The molecule has 0 aromatic carbocycles. The standard InChI is InChI=1S/C19H35BN4O4/c1-15(2)16(25)9-5-3-7-11-22-18(27)13-21-14-19(28)23-12-8-4-6-10-17(26)24-20/h15,21H,3-14H2,1-2H3,(H,22,27)(H,23,28)(H,24,26). The van der Waals surface area contributed by atoms with Crippen molar-refractivity contribution in [3.8, 4) is 0 Å². The van der Waals surface area contributed by atoms with Crippen molar-refractivity contribution >= 4 is 31.5 Å². The van der Waals surface area contributed by atoms with Gasteiger partial charge in [0.25, 0.3) is 0 Å². The number of unbranched alkanes of at least 4 members (excludes halogenated alkanes) is 4. The van der Waals surface area contributed by atoms with E-state index in [1.807, 2.05) is 13.8 Å². The van der Waals surface area contributed by atoms with Gasteiger partial charge >= 0.3 is 0 Å². The molecule has 2 radical (unpaired) electrons. The molecule has 9 heteroatoms. The molecule has 0 atom stereocenters. The number of hydrogen-bond donors (Lipinski definition) is 4. The number of ketones is 1. The highest BCUT2D eigenvalue weighted by Crippen LogP contribution is 2.05. The first-order valence-electron chi connectivity index (χ1n) is 10.1. The summed E-state index contributed by atoms with van der Waals surface area (Å²) in [6.45, 7) is 5.10. The Labute approximate surface area is 169 Å². The normalized spacial score (nSPS) is 10.5. The molecule has 8 nitrogen and oxygen atoms in total. The van der Waals surface area contributed by atoms with E-state index in [9.17, 15) is 19.2 Å². The minimum absolute atomic E-state index is 0.0836. The van der Waals surface area contributed by atoms with Gasteiger partial charge in [0.15, 0.2) is 0 Å². The summed E-state index contributed by atoms with van der Waals surface area (Å²) in [7, 11) is 4.98. The largest absolute Gasteiger partial charge is 0.409 e.